The Morgan fingerprint density at radius 2 is 1.71 bits per heavy atom. The van der Waals surface area contributed by atoms with Crippen molar-refractivity contribution < 1.29 is 13.9 Å². The third-order valence-electron chi connectivity index (χ3n) is 5.85. The summed E-state index contributed by atoms with van der Waals surface area (Å²) in [5.41, 5.74) is 4.67. The number of aryl methyl sites for hydroxylation is 1. The van der Waals surface area contributed by atoms with E-state index in [-0.39, 0.29) is 23.7 Å². The molecule has 182 valence electrons. The summed E-state index contributed by atoms with van der Waals surface area (Å²) in [6.07, 6.45) is 0. The van der Waals surface area contributed by atoms with Crippen molar-refractivity contribution in [2.45, 2.75) is 53.2 Å². The zero-order valence-electron chi connectivity index (χ0n) is 20.7. The minimum Gasteiger partial charge on any atom is -0.486 e. The number of nitrogens with one attached hydrogen (secondary N) is 1. The van der Waals surface area contributed by atoms with Crippen LogP contribution in [0.25, 0.3) is 0 Å². The number of aromatic nitrogens is 2. The number of carbonyl (C=O) groups excluding carboxylic acids is 1. The van der Waals surface area contributed by atoms with Gasteiger partial charge in [-0.15, -0.1) is 0 Å². The maximum absolute atomic E-state index is 12.8. The summed E-state index contributed by atoms with van der Waals surface area (Å²) < 4.78 is 13.4. The maximum Gasteiger partial charge on any atom is 0.291 e. The van der Waals surface area contributed by atoms with Crippen LogP contribution in [0.1, 0.15) is 59.6 Å². The smallest absolute Gasteiger partial charge is 0.291 e. The first-order valence-corrected chi connectivity index (χ1v) is 11.9. The lowest BCUT2D eigenvalue weighted by atomic mass is 9.87. The quantitative estimate of drug-likeness (QED) is 0.304. The van der Waals surface area contributed by atoms with Gasteiger partial charge in [0.2, 0.25) is 0 Å². The van der Waals surface area contributed by atoms with E-state index in [2.05, 4.69) is 43.3 Å². The number of carbonyl (C=O) groups is 1. The van der Waals surface area contributed by atoms with Crippen LogP contribution in [0.5, 0.6) is 5.75 Å². The van der Waals surface area contributed by atoms with Gasteiger partial charge in [-0.05, 0) is 66.8 Å². The van der Waals surface area contributed by atoms with Gasteiger partial charge in [-0.25, -0.2) is 0 Å². The molecule has 1 amide bonds. The molecule has 0 spiro atoms. The fourth-order valence-corrected chi connectivity index (χ4v) is 3.88. The second-order valence-corrected chi connectivity index (χ2v) is 10.0. The first-order chi connectivity index (χ1) is 16.6. The van der Waals surface area contributed by atoms with Gasteiger partial charge >= 0.3 is 0 Å². The molecule has 2 aromatic carbocycles. The van der Waals surface area contributed by atoms with Crippen molar-refractivity contribution in [1.29, 1.82) is 0 Å². The Kier molecular flexibility index (Phi) is 7.03. The number of benzene rings is 2. The average Bonchev–Trinajstić information content (AvgIpc) is 3.39. The maximum atomic E-state index is 12.8. The van der Waals surface area contributed by atoms with Gasteiger partial charge in [0.25, 0.3) is 5.91 Å². The molecule has 0 aliphatic rings. The summed E-state index contributed by atoms with van der Waals surface area (Å²) >= 11 is 5.98. The van der Waals surface area contributed by atoms with Gasteiger partial charge in [0.05, 0.1) is 23.6 Å². The van der Waals surface area contributed by atoms with Crippen molar-refractivity contribution in [3.05, 3.63) is 99.7 Å². The van der Waals surface area contributed by atoms with Crippen LogP contribution >= 0.6 is 11.6 Å². The normalized spacial score (nSPS) is 11.5. The largest absolute Gasteiger partial charge is 0.486 e. The highest BCUT2D eigenvalue weighted by Crippen LogP contribution is 2.25. The van der Waals surface area contributed by atoms with E-state index >= 15 is 0 Å². The number of furan rings is 1. The number of amides is 1. The van der Waals surface area contributed by atoms with Gasteiger partial charge in [-0.3, -0.25) is 9.48 Å². The van der Waals surface area contributed by atoms with Crippen LogP contribution in [-0.4, -0.2) is 15.7 Å². The molecule has 0 radical (unpaired) electrons. The van der Waals surface area contributed by atoms with Crippen molar-refractivity contribution in [2.24, 2.45) is 0 Å². The first-order valence-electron chi connectivity index (χ1n) is 11.5. The van der Waals surface area contributed by atoms with E-state index in [9.17, 15) is 4.79 Å². The third-order valence-corrected chi connectivity index (χ3v) is 6.10. The molecule has 1 N–H and O–H groups in total. The van der Waals surface area contributed by atoms with Gasteiger partial charge in [-0.2, -0.15) is 5.10 Å². The highest BCUT2D eigenvalue weighted by molar-refractivity contribution is 6.30. The molecule has 0 saturated carbocycles. The highest BCUT2D eigenvalue weighted by Gasteiger charge is 2.18. The van der Waals surface area contributed by atoms with E-state index in [1.165, 1.54) is 5.56 Å². The van der Waals surface area contributed by atoms with Gasteiger partial charge < -0.3 is 14.5 Å². The van der Waals surface area contributed by atoms with Gasteiger partial charge in [0, 0.05) is 5.02 Å². The zero-order chi connectivity index (χ0) is 25.2. The molecule has 0 aliphatic carbocycles. The van der Waals surface area contributed by atoms with Gasteiger partial charge in [0.15, 0.2) is 5.76 Å². The van der Waals surface area contributed by atoms with E-state index < -0.39 is 0 Å². The standard InChI is InChI=1S/C28H30ClN3O3/c1-18-26(19(2)32(31-18)16-20-6-10-22(29)11-7-20)30-27(33)25-15-14-24(35-25)17-34-23-12-8-21(9-13-23)28(3,4)5/h6-15H,16-17H2,1-5H3,(H,30,33). The number of nitrogens with zero attached hydrogens (tertiary/aromatic N) is 2. The van der Waals surface area contributed by atoms with Crippen molar-refractivity contribution in [3.63, 3.8) is 0 Å². The summed E-state index contributed by atoms with van der Waals surface area (Å²) in [6.45, 7) is 11.1. The van der Waals surface area contributed by atoms with Crippen molar-refractivity contribution >= 4 is 23.2 Å². The highest BCUT2D eigenvalue weighted by atomic mass is 35.5. The predicted molar refractivity (Wildman–Crippen MR) is 138 cm³/mol. The van der Waals surface area contributed by atoms with Crippen molar-refractivity contribution in [3.8, 4) is 5.75 Å². The van der Waals surface area contributed by atoms with Crippen LogP contribution in [0.15, 0.2) is 65.1 Å². The summed E-state index contributed by atoms with van der Waals surface area (Å²) in [6, 6.07) is 19.1. The minimum atomic E-state index is -0.331. The summed E-state index contributed by atoms with van der Waals surface area (Å²) in [5, 5.41) is 8.21. The van der Waals surface area contributed by atoms with Crippen molar-refractivity contribution in [1.82, 2.24) is 9.78 Å². The predicted octanol–water partition coefficient (Wildman–Crippen LogP) is 6.92. The topological polar surface area (TPSA) is 69.3 Å². The average molecular weight is 492 g/mol. The molecule has 0 aliphatic heterocycles. The van der Waals surface area contributed by atoms with Crippen LogP contribution in [0.3, 0.4) is 0 Å². The number of ether oxygens (including phenoxy) is 1. The molecule has 4 rings (SSSR count). The fraction of sp³-hybridized carbons (Fsp3) is 0.286. The van der Waals surface area contributed by atoms with Crippen LogP contribution in [-0.2, 0) is 18.6 Å². The van der Waals surface area contributed by atoms with Crippen LogP contribution in [0.2, 0.25) is 5.02 Å². The number of rotatable bonds is 7. The number of hydrogen-bond acceptors (Lipinski definition) is 4. The molecule has 0 bridgehead atoms. The lowest BCUT2D eigenvalue weighted by molar-refractivity contribution is 0.0992. The van der Waals surface area contributed by atoms with Crippen LogP contribution in [0, 0.1) is 13.8 Å². The third kappa shape index (κ3) is 5.95. The zero-order valence-corrected chi connectivity index (χ0v) is 21.4. The molecule has 6 nitrogen and oxygen atoms in total. The number of hydrogen-bond donors (Lipinski definition) is 1. The van der Waals surface area contributed by atoms with Gasteiger partial charge in [0.1, 0.15) is 18.1 Å². The molecule has 2 heterocycles. The molecule has 7 heteroatoms. The second-order valence-electron chi connectivity index (χ2n) is 9.61. The van der Waals surface area contributed by atoms with E-state index in [1.807, 2.05) is 54.9 Å². The molecule has 4 aromatic rings. The summed E-state index contributed by atoms with van der Waals surface area (Å²) in [5.74, 6) is 1.21. The fourth-order valence-electron chi connectivity index (χ4n) is 3.75. The Balaban J connectivity index is 1.38. The van der Waals surface area contributed by atoms with Crippen LogP contribution in [0.4, 0.5) is 5.69 Å². The van der Waals surface area contributed by atoms with E-state index in [0.29, 0.717) is 23.0 Å². The van der Waals surface area contributed by atoms with Crippen LogP contribution < -0.4 is 10.1 Å². The number of halogens is 1. The molecule has 2 aromatic heterocycles. The Bertz CT molecular complexity index is 1310. The lowest BCUT2D eigenvalue weighted by Crippen LogP contribution is -2.12. The van der Waals surface area contributed by atoms with E-state index in [1.54, 1.807) is 12.1 Å². The van der Waals surface area contributed by atoms with Crippen molar-refractivity contribution in [2.75, 3.05) is 5.32 Å². The molecule has 0 saturated heterocycles. The summed E-state index contributed by atoms with van der Waals surface area (Å²) in [4.78, 5) is 12.8. The van der Waals surface area contributed by atoms with E-state index in [0.717, 1.165) is 22.7 Å². The summed E-state index contributed by atoms with van der Waals surface area (Å²) in [7, 11) is 0. The second kappa shape index (κ2) is 10.0. The number of anilines is 1. The lowest BCUT2D eigenvalue weighted by Gasteiger charge is -2.19. The Labute approximate surface area is 210 Å². The molecular weight excluding hydrogens is 462 g/mol. The van der Waals surface area contributed by atoms with E-state index in [4.69, 9.17) is 20.8 Å². The molecule has 35 heavy (non-hydrogen) atoms. The Morgan fingerprint density at radius 3 is 2.37 bits per heavy atom. The molecule has 0 atom stereocenters. The Hall–Kier alpha value is -3.51. The Morgan fingerprint density at radius 1 is 1.03 bits per heavy atom. The SMILES string of the molecule is Cc1nn(Cc2ccc(Cl)cc2)c(C)c1NC(=O)c1ccc(COc2ccc(C(C)(C)C)cc2)o1. The molecule has 0 fully saturated rings. The molecular formula is C28H30ClN3O3. The monoisotopic (exact) mass is 491 g/mol. The molecule has 0 unspecified atom stereocenters. The van der Waals surface area contributed by atoms with Gasteiger partial charge in [-0.1, -0.05) is 56.6 Å². The first kappa shape index (κ1) is 24.6. The minimum absolute atomic E-state index is 0.0882.